The molecule has 3 fully saturated rings. The zero-order valence-electron chi connectivity index (χ0n) is 76.9. The van der Waals surface area contributed by atoms with Crippen molar-refractivity contribution in [2.75, 3.05) is 65.4 Å². The molecular weight excluding hydrogens is 1780 g/mol. The van der Waals surface area contributed by atoms with Gasteiger partial charge in [0.15, 0.2) is 0 Å². The van der Waals surface area contributed by atoms with Gasteiger partial charge in [0.1, 0.15) is 96.9 Å². The molecule has 3 saturated heterocycles. The fourth-order valence-electron chi connectivity index (χ4n) is 16.6. The number of hydrogen-bond donors (Lipinski definition) is 19. The van der Waals surface area contributed by atoms with E-state index in [4.69, 9.17) is 22.9 Å². The number of aromatic hydroxyl groups is 1. The standard InChI is InChI=1S/C90H127N21O23S/c1-9-11-21-68-83(127)100-60(34-48(3)4)80(124)105-66(78(122)96-42-73(94)115)46-135-47-74(116)97-62(35-50-25-27-53(112)28-26-50)86(130)106(6)49(5)77(121)102-64(39-75(117)118)89(133)110-33-17-24-69(110)84(128)104-65(40-92)82(126)99-59(29-30-72(93)114)88(132)111-44-54(113)38-71(111)85(129)101-61(36-51-41-95-57-20-15-13-18-55(51)57)81(125)98-58(31-32-91)79(123)103-63(87(131)108(8)70(22-12-10-2)90(134)107(68)7)37-52-43-109(45-76(119)120)67-23-16-14-19-56(52)67/h13-16,18-20,23,25-28,41,43,48-49,54,58-66,68-71,95,112-113H,9-12,17,21-22,24,29-40,42,44-47,91-92H2,1-8H3,(H2,93,114)(H2,94,115)(H,96,122)(H,97,116)(H,98,125)(H,99,126)(H,100,127)(H,101,129)(H,102,121)(H,103,123)(H,104,128)(H,105,124)(H,117,118)(H,119,120)/t49-,54+,58-,59-,60-,61-,62-,63-,64-,65-,66-,68-,69-,70-,71-/m0/s1. The van der Waals surface area contributed by atoms with Gasteiger partial charge in [-0.1, -0.05) is 102 Å². The van der Waals surface area contributed by atoms with Crippen molar-refractivity contribution in [3.63, 3.8) is 0 Å². The highest BCUT2D eigenvalue weighted by Gasteiger charge is 2.47. The number of carboxylic acids is 2. The van der Waals surface area contributed by atoms with E-state index in [2.05, 4.69) is 58.2 Å². The lowest BCUT2D eigenvalue weighted by Crippen LogP contribution is -2.61. The molecule has 5 heterocycles. The number of aliphatic carboxylic acids is 2. The Bertz CT molecular complexity index is 5130. The quantitative estimate of drug-likeness (QED) is 0.0243. The number of likely N-dealkylation sites (N-methyl/N-ethyl adjacent to an activating group) is 3. The molecule has 0 saturated carbocycles. The van der Waals surface area contributed by atoms with Crippen molar-refractivity contribution in [3.8, 4) is 5.75 Å². The number of aromatic nitrogens is 2. The summed E-state index contributed by atoms with van der Waals surface area (Å²) in [7, 11) is 3.84. The molecule has 3 aromatic carbocycles. The number of aliphatic hydroxyl groups is 1. The number of nitrogens with one attached hydrogen (secondary N) is 11. The fourth-order valence-corrected chi connectivity index (χ4v) is 17.5. The number of unbranched alkanes of at least 4 members (excludes halogenated alkanes) is 2. The Kier molecular flexibility index (Phi) is 40.2. The van der Waals surface area contributed by atoms with Crippen LogP contribution in [0.15, 0.2) is 85.2 Å². The molecule has 135 heavy (non-hydrogen) atoms. The van der Waals surface area contributed by atoms with Crippen molar-refractivity contribution in [1.29, 1.82) is 0 Å². The van der Waals surface area contributed by atoms with E-state index in [1.165, 1.54) is 63.1 Å². The Morgan fingerprint density at radius 2 is 1.11 bits per heavy atom. The topological polar surface area (TPSA) is 667 Å². The molecule has 3 aliphatic rings. The Morgan fingerprint density at radius 1 is 0.548 bits per heavy atom. The first-order chi connectivity index (χ1) is 64.1. The minimum atomic E-state index is -1.93. The number of aromatic amines is 1. The number of benzene rings is 3. The monoisotopic (exact) mass is 1900 g/mol. The number of nitrogens with two attached hydrogens (primary N) is 4. The number of para-hydroxylation sites is 2. The molecule has 2 aromatic heterocycles. The smallest absolute Gasteiger partial charge is 0.323 e. The molecule has 44 nitrogen and oxygen atoms in total. The third-order valence-electron chi connectivity index (χ3n) is 24.0. The van der Waals surface area contributed by atoms with Gasteiger partial charge in [0.05, 0.1) is 24.8 Å². The minimum Gasteiger partial charge on any atom is -0.508 e. The highest BCUT2D eigenvalue weighted by atomic mass is 32.2. The van der Waals surface area contributed by atoms with Crippen molar-refractivity contribution in [2.45, 2.75) is 241 Å². The van der Waals surface area contributed by atoms with Gasteiger partial charge in [-0.15, -0.1) is 11.8 Å². The summed E-state index contributed by atoms with van der Waals surface area (Å²) in [6.07, 6.45) is -1.01. The van der Waals surface area contributed by atoms with Crippen LogP contribution in [0.5, 0.6) is 5.75 Å². The maximum atomic E-state index is 16.0. The summed E-state index contributed by atoms with van der Waals surface area (Å²) >= 11 is 0.763. The lowest BCUT2D eigenvalue weighted by atomic mass is 9.99. The average Bonchev–Trinajstić information content (AvgIpc) is 1.55. The van der Waals surface area contributed by atoms with Crippen LogP contribution in [0.2, 0.25) is 0 Å². The molecule has 0 bridgehead atoms. The highest BCUT2D eigenvalue weighted by molar-refractivity contribution is 8.00. The molecular formula is C90H127N21O23S. The fraction of sp³-hybridized carbons (Fsp3) is 0.544. The van der Waals surface area contributed by atoms with Crippen LogP contribution in [0.4, 0.5) is 0 Å². The van der Waals surface area contributed by atoms with E-state index in [0.29, 0.717) is 64.2 Å². The number of nitrogens with zero attached hydrogens (tertiary/aromatic N) is 6. The Balaban J connectivity index is 1.21. The number of carbonyl (C=O) groups is 19. The summed E-state index contributed by atoms with van der Waals surface area (Å²) in [5.74, 6) is -21.1. The van der Waals surface area contributed by atoms with Gasteiger partial charge in [0, 0.05) is 113 Å². The zero-order chi connectivity index (χ0) is 99.4. The molecule has 45 heteroatoms. The van der Waals surface area contributed by atoms with Crippen molar-refractivity contribution in [3.05, 3.63) is 102 Å². The number of rotatable bonds is 27. The number of phenols is 1. The van der Waals surface area contributed by atoms with Gasteiger partial charge < -0.3 is 131 Å². The second kappa shape index (κ2) is 50.7. The molecule has 5 aromatic rings. The van der Waals surface area contributed by atoms with Crippen LogP contribution in [0, 0.1) is 5.92 Å². The number of aliphatic hydroxyl groups excluding tert-OH is 1. The number of primary amides is 2. The predicted octanol–water partition coefficient (Wildman–Crippen LogP) is -3.42. The maximum Gasteiger partial charge on any atom is 0.323 e. The summed E-state index contributed by atoms with van der Waals surface area (Å²) in [4.78, 5) is 282. The van der Waals surface area contributed by atoms with E-state index in [0.717, 1.165) is 36.3 Å². The van der Waals surface area contributed by atoms with Crippen molar-refractivity contribution >= 4 is 146 Å². The van der Waals surface area contributed by atoms with E-state index < -0.39 is 273 Å². The Labute approximate surface area is 783 Å². The molecule has 0 spiro atoms. The Hall–Kier alpha value is -13.3. The number of carboxylic acid groups (broad SMARTS) is 2. The van der Waals surface area contributed by atoms with Crippen molar-refractivity contribution < 1.29 is 112 Å². The van der Waals surface area contributed by atoms with Gasteiger partial charge in [-0.3, -0.25) is 91.1 Å². The predicted molar refractivity (Wildman–Crippen MR) is 492 cm³/mol. The molecule has 15 atom stereocenters. The number of hydrogen-bond acceptors (Lipinski definition) is 24. The zero-order valence-corrected chi connectivity index (χ0v) is 77.8. The first-order valence-electron chi connectivity index (χ1n) is 45.1. The summed E-state index contributed by atoms with van der Waals surface area (Å²) in [5.41, 5.74) is 25.6. The number of amides is 17. The summed E-state index contributed by atoms with van der Waals surface area (Å²) < 4.78 is 1.42. The summed E-state index contributed by atoms with van der Waals surface area (Å²) in [6.45, 7) is 5.31. The molecule has 736 valence electrons. The van der Waals surface area contributed by atoms with Crippen molar-refractivity contribution in [1.82, 2.24) is 87.2 Å². The summed E-state index contributed by atoms with van der Waals surface area (Å²) in [6, 6.07) is -3.56. The van der Waals surface area contributed by atoms with Crippen LogP contribution in [0.1, 0.15) is 141 Å². The van der Waals surface area contributed by atoms with Crippen LogP contribution in [-0.2, 0) is 117 Å². The first-order valence-corrected chi connectivity index (χ1v) is 46.2. The number of H-pyrrole nitrogens is 1. The lowest BCUT2D eigenvalue weighted by molar-refractivity contribution is -0.149. The van der Waals surface area contributed by atoms with Crippen LogP contribution in [0.3, 0.4) is 0 Å². The first kappa shape index (κ1) is 107. The van der Waals surface area contributed by atoms with Crippen LogP contribution in [0.25, 0.3) is 21.8 Å². The SMILES string of the molecule is CCCC[C@H]1C(=O)N(C)[C@@H](CCCC)C(=O)N[C@@H](CC(C)C)C(=O)N[C@H](C(=O)NCC(N)=O)CSCC(=O)N[C@@H](Cc2ccc(O)cc2)C(=O)N(C)[C@@H](C)C(=O)N[C@@H](CC(=O)O)C(=O)N2CCC[C@H]2C(=O)N[C@@H](CN)C(=O)N[C@@H](CCC(N)=O)C(=O)N2C[C@H](O)C[C@H]2C(=O)N[C@@H](Cc2c[nH]c3ccccc23)C(=O)N[C@@H](CCN)C(=O)N[C@@H](Cc2cn(CC(=O)O)c3ccccc23)C(=O)N1C. The molecule has 23 N–H and O–H groups in total. The molecule has 0 unspecified atom stereocenters. The largest absolute Gasteiger partial charge is 0.508 e. The lowest BCUT2D eigenvalue weighted by Gasteiger charge is -2.36. The molecule has 0 radical (unpaired) electrons. The molecule has 8 rings (SSSR count). The minimum absolute atomic E-state index is 0.0139. The van der Waals surface area contributed by atoms with E-state index in [9.17, 15) is 78.0 Å². The van der Waals surface area contributed by atoms with E-state index in [1.807, 2.05) is 13.8 Å². The summed E-state index contributed by atoms with van der Waals surface area (Å²) in [5, 5.41) is 68.8. The highest BCUT2D eigenvalue weighted by Crippen LogP contribution is 2.29. The van der Waals surface area contributed by atoms with E-state index in [1.54, 1.807) is 68.6 Å². The molecule has 17 amide bonds. The van der Waals surface area contributed by atoms with Crippen LogP contribution < -0.4 is 76.1 Å². The van der Waals surface area contributed by atoms with Crippen LogP contribution >= 0.6 is 11.8 Å². The normalized spacial score (nSPS) is 24.8. The Morgan fingerprint density at radius 3 is 1.76 bits per heavy atom. The van der Waals surface area contributed by atoms with Gasteiger partial charge in [-0.25, -0.2) is 0 Å². The van der Waals surface area contributed by atoms with Crippen molar-refractivity contribution in [2.24, 2.45) is 28.9 Å². The van der Waals surface area contributed by atoms with E-state index in [-0.39, 0.29) is 76.1 Å². The maximum absolute atomic E-state index is 16.0. The molecule has 3 aliphatic heterocycles. The molecule has 0 aliphatic carbocycles. The van der Waals surface area contributed by atoms with Gasteiger partial charge in [-0.2, -0.15) is 0 Å². The van der Waals surface area contributed by atoms with E-state index >= 15 is 33.6 Å². The third kappa shape index (κ3) is 29.8. The van der Waals surface area contributed by atoms with Gasteiger partial charge in [0.25, 0.3) is 0 Å². The number of carbonyl (C=O) groups excluding carboxylic acids is 17. The van der Waals surface area contributed by atoms with Crippen LogP contribution in [-0.4, -0.2) is 323 Å². The van der Waals surface area contributed by atoms with Gasteiger partial charge in [-0.05, 0) is 105 Å². The van der Waals surface area contributed by atoms with Gasteiger partial charge in [0.2, 0.25) is 100 Å². The number of thioether (sulfide) groups is 1. The number of fused-ring (bicyclic) bond motifs is 4. The average molecular weight is 1900 g/mol. The van der Waals surface area contributed by atoms with Gasteiger partial charge >= 0.3 is 11.9 Å². The second-order valence-electron chi connectivity index (χ2n) is 34.6. The second-order valence-corrected chi connectivity index (χ2v) is 35.6. The number of phenolic OH excluding ortho intramolecular Hbond substituents is 1. The third-order valence-corrected chi connectivity index (χ3v) is 25.1.